The Bertz CT molecular complexity index is 915. The number of hydrogen-bond donors (Lipinski definition) is 2. The van der Waals surface area contributed by atoms with E-state index in [0.717, 1.165) is 17.8 Å². The van der Waals surface area contributed by atoms with E-state index in [4.69, 9.17) is 0 Å². The maximum atomic E-state index is 11.5. The molecule has 2 aromatic heterocycles. The molecule has 0 fully saturated rings. The topological polar surface area (TPSA) is 80.0 Å². The van der Waals surface area contributed by atoms with Crippen LogP contribution in [-0.2, 0) is 13.5 Å². The first-order valence-corrected chi connectivity index (χ1v) is 7.83. The van der Waals surface area contributed by atoms with E-state index >= 15 is 0 Å². The summed E-state index contributed by atoms with van der Waals surface area (Å²) in [5, 5.41) is 17.7. The normalized spacial score (nSPS) is 11.0. The number of benzene rings is 1. The Labute approximate surface area is 140 Å². The number of aryl methyl sites for hydroxylation is 2. The number of carboxylic acid groups (broad SMARTS) is 1. The Morgan fingerprint density at radius 1 is 1.29 bits per heavy atom. The maximum Gasteiger partial charge on any atom is 0.336 e. The maximum absolute atomic E-state index is 11.5. The van der Waals surface area contributed by atoms with Gasteiger partial charge in [-0.1, -0.05) is 18.2 Å². The molecule has 0 spiro atoms. The van der Waals surface area contributed by atoms with Crippen LogP contribution >= 0.6 is 0 Å². The van der Waals surface area contributed by atoms with Crippen LogP contribution in [0.15, 0.2) is 30.3 Å². The molecule has 24 heavy (non-hydrogen) atoms. The van der Waals surface area contributed by atoms with Crippen molar-refractivity contribution in [1.29, 1.82) is 0 Å². The monoisotopic (exact) mass is 324 g/mol. The van der Waals surface area contributed by atoms with Gasteiger partial charge in [0.2, 0.25) is 0 Å². The third-order valence-electron chi connectivity index (χ3n) is 4.29. The van der Waals surface area contributed by atoms with E-state index in [1.54, 1.807) is 12.1 Å². The lowest BCUT2D eigenvalue weighted by Crippen LogP contribution is -2.09. The van der Waals surface area contributed by atoms with Gasteiger partial charge in [0.1, 0.15) is 5.82 Å². The van der Waals surface area contributed by atoms with E-state index in [-0.39, 0.29) is 5.56 Å². The minimum absolute atomic E-state index is 0.261. The van der Waals surface area contributed by atoms with Crippen molar-refractivity contribution in [3.63, 3.8) is 0 Å². The average molecular weight is 324 g/mol. The second kappa shape index (κ2) is 6.31. The number of anilines is 1. The zero-order valence-corrected chi connectivity index (χ0v) is 14.0. The van der Waals surface area contributed by atoms with Crippen molar-refractivity contribution in [3.05, 3.63) is 52.8 Å². The van der Waals surface area contributed by atoms with E-state index in [9.17, 15) is 9.90 Å². The lowest BCUT2D eigenvalue weighted by molar-refractivity contribution is 0.0699. The SMILES string of the molecule is Cc1nn(C)c(C)c1CCNc1cc(C(=O)O)c2ccccc2n1. The third-order valence-corrected chi connectivity index (χ3v) is 4.29. The van der Waals surface area contributed by atoms with Crippen LogP contribution in [-0.4, -0.2) is 32.4 Å². The predicted molar refractivity (Wildman–Crippen MR) is 93.6 cm³/mol. The molecule has 0 aliphatic rings. The van der Waals surface area contributed by atoms with Gasteiger partial charge >= 0.3 is 5.97 Å². The molecule has 0 saturated heterocycles. The van der Waals surface area contributed by atoms with Gasteiger partial charge in [0.15, 0.2) is 0 Å². The minimum Gasteiger partial charge on any atom is -0.478 e. The Hall–Kier alpha value is -2.89. The summed E-state index contributed by atoms with van der Waals surface area (Å²) in [5.74, 6) is -0.374. The molecule has 124 valence electrons. The number of carbonyl (C=O) groups is 1. The van der Waals surface area contributed by atoms with Crippen molar-refractivity contribution in [2.75, 3.05) is 11.9 Å². The molecule has 6 heteroatoms. The Kier molecular flexibility index (Phi) is 4.20. The summed E-state index contributed by atoms with van der Waals surface area (Å²) in [6.45, 7) is 4.71. The summed E-state index contributed by atoms with van der Waals surface area (Å²) >= 11 is 0. The number of rotatable bonds is 5. The minimum atomic E-state index is -0.949. The fourth-order valence-electron chi connectivity index (χ4n) is 2.94. The fraction of sp³-hybridized carbons (Fsp3) is 0.278. The molecule has 0 amide bonds. The highest BCUT2D eigenvalue weighted by Crippen LogP contribution is 2.21. The quantitative estimate of drug-likeness (QED) is 0.754. The number of aromatic carboxylic acids is 1. The number of pyridine rings is 1. The number of nitrogens with one attached hydrogen (secondary N) is 1. The molecule has 0 bridgehead atoms. The molecular weight excluding hydrogens is 304 g/mol. The van der Waals surface area contributed by atoms with Crippen molar-refractivity contribution < 1.29 is 9.90 Å². The highest BCUT2D eigenvalue weighted by atomic mass is 16.4. The van der Waals surface area contributed by atoms with Gasteiger partial charge < -0.3 is 10.4 Å². The molecule has 0 saturated carbocycles. The van der Waals surface area contributed by atoms with Crippen molar-refractivity contribution in [2.45, 2.75) is 20.3 Å². The number of hydrogen-bond acceptors (Lipinski definition) is 4. The van der Waals surface area contributed by atoms with Crippen molar-refractivity contribution in [2.24, 2.45) is 7.05 Å². The molecule has 0 aliphatic heterocycles. The van der Waals surface area contributed by atoms with Crippen LogP contribution in [0.2, 0.25) is 0 Å². The summed E-state index contributed by atoms with van der Waals surface area (Å²) in [5.41, 5.74) is 4.32. The fourth-order valence-corrected chi connectivity index (χ4v) is 2.94. The van der Waals surface area contributed by atoms with Crippen molar-refractivity contribution in [1.82, 2.24) is 14.8 Å². The standard InChI is InChI=1S/C18H20N4O2/c1-11-13(12(2)22(3)21-11)8-9-19-17-10-15(18(23)24)14-6-4-5-7-16(14)20-17/h4-7,10H,8-9H2,1-3H3,(H,19,20)(H,23,24). The zero-order valence-electron chi connectivity index (χ0n) is 14.0. The second-order valence-corrected chi connectivity index (χ2v) is 5.83. The van der Waals surface area contributed by atoms with Gasteiger partial charge in [-0.2, -0.15) is 5.10 Å². The molecule has 3 aromatic rings. The largest absolute Gasteiger partial charge is 0.478 e. The van der Waals surface area contributed by atoms with Gasteiger partial charge in [0, 0.05) is 24.7 Å². The lowest BCUT2D eigenvalue weighted by Gasteiger charge is -2.09. The Morgan fingerprint density at radius 2 is 2.04 bits per heavy atom. The smallest absolute Gasteiger partial charge is 0.336 e. The van der Waals surface area contributed by atoms with Gasteiger partial charge in [-0.3, -0.25) is 4.68 Å². The molecule has 0 aliphatic carbocycles. The second-order valence-electron chi connectivity index (χ2n) is 5.83. The van der Waals surface area contributed by atoms with Gasteiger partial charge in [-0.25, -0.2) is 9.78 Å². The van der Waals surface area contributed by atoms with Crippen LogP contribution in [0.25, 0.3) is 10.9 Å². The van der Waals surface area contributed by atoms with Gasteiger partial charge in [0.05, 0.1) is 16.8 Å². The Morgan fingerprint density at radius 3 is 2.71 bits per heavy atom. The molecule has 0 radical (unpaired) electrons. The van der Waals surface area contributed by atoms with Crippen molar-refractivity contribution in [3.8, 4) is 0 Å². The summed E-state index contributed by atoms with van der Waals surface area (Å²) < 4.78 is 1.88. The number of carboxylic acids is 1. The van der Waals surface area contributed by atoms with Gasteiger partial charge in [-0.15, -0.1) is 0 Å². The summed E-state index contributed by atoms with van der Waals surface area (Å²) in [6, 6.07) is 8.86. The van der Waals surface area contributed by atoms with Crippen LogP contribution in [0.3, 0.4) is 0 Å². The highest BCUT2D eigenvalue weighted by Gasteiger charge is 2.12. The third kappa shape index (κ3) is 2.95. The van der Waals surface area contributed by atoms with Crippen LogP contribution in [0.5, 0.6) is 0 Å². The average Bonchev–Trinajstić information content (AvgIpc) is 2.80. The molecule has 1 aromatic carbocycles. The van der Waals surface area contributed by atoms with Gasteiger partial charge in [0.25, 0.3) is 0 Å². The van der Waals surface area contributed by atoms with Gasteiger partial charge in [-0.05, 0) is 38.0 Å². The molecule has 2 N–H and O–H groups in total. The molecule has 6 nitrogen and oxygen atoms in total. The summed E-state index contributed by atoms with van der Waals surface area (Å²) in [6.07, 6.45) is 0.808. The number of aromatic nitrogens is 3. The summed E-state index contributed by atoms with van der Waals surface area (Å²) in [7, 11) is 1.93. The highest BCUT2D eigenvalue weighted by molar-refractivity contribution is 6.03. The van der Waals surface area contributed by atoms with E-state index in [1.165, 1.54) is 5.56 Å². The first-order valence-electron chi connectivity index (χ1n) is 7.83. The Balaban J connectivity index is 1.81. The van der Waals surface area contributed by atoms with E-state index in [1.807, 2.05) is 43.8 Å². The predicted octanol–water partition coefficient (Wildman–Crippen LogP) is 2.94. The van der Waals surface area contributed by atoms with E-state index in [0.29, 0.717) is 23.3 Å². The number of fused-ring (bicyclic) bond motifs is 1. The number of para-hydroxylation sites is 1. The van der Waals surface area contributed by atoms with Crippen LogP contribution in [0.1, 0.15) is 27.3 Å². The first-order chi connectivity index (χ1) is 11.5. The van der Waals surface area contributed by atoms with Crippen LogP contribution in [0.4, 0.5) is 5.82 Å². The first kappa shape index (κ1) is 16.0. The molecule has 0 unspecified atom stereocenters. The molecular formula is C18H20N4O2. The van der Waals surface area contributed by atoms with E-state index < -0.39 is 5.97 Å². The zero-order chi connectivity index (χ0) is 17.3. The summed E-state index contributed by atoms with van der Waals surface area (Å²) in [4.78, 5) is 16.0. The van der Waals surface area contributed by atoms with Crippen LogP contribution < -0.4 is 5.32 Å². The molecule has 0 atom stereocenters. The lowest BCUT2D eigenvalue weighted by atomic mass is 10.1. The molecule has 2 heterocycles. The number of nitrogens with zero attached hydrogens (tertiary/aromatic N) is 3. The van der Waals surface area contributed by atoms with Crippen LogP contribution in [0, 0.1) is 13.8 Å². The van der Waals surface area contributed by atoms with Crippen molar-refractivity contribution >= 4 is 22.7 Å². The molecule has 3 rings (SSSR count). The van der Waals surface area contributed by atoms with E-state index in [2.05, 4.69) is 15.4 Å².